The Morgan fingerprint density at radius 1 is 0.471 bits per heavy atom. The molecule has 17 heavy (non-hydrogen) atoms. The standard InChI is InChI=1S/2C2H8N2.C2H6N.3C2H4/c2*3-1-2-4;1-2-3;3*1-2/h2*1-4H2;1-3H2;3*1-2H2. The van der Waals surface area contributed by atoms with Gasteiger partial charge in [0, 0.05) is 26.2 Å². The molecule has 1 radical (unpaired) electrons. The predicted molar refractivity (Wildman–Crippen MR) is 84.4 cm³/mol. The Hall–Kier alpha value is -0.980. The van der Waals surface area contributed by atoms with E-state index >= 15 is 0 Å². The van der Waals surface area contributed by atoms with Crippen molar-refractivity contribution in [3.8, 4) is 0 Å². The van der Waals surface area contributed by atoms with E-state index < -0.39 is 0 Å². The summed E-state index contributed by atoms with van der Waals surface area (Å²) in [4.78, 5) is 0. The highest BCUT2D eigenvalue weighted by atomic mass is 14.6. The van der Waals surface area contributed by atoms with Crippen molar-refractivity contribution >= 4 is 0 Å². The SMILES string of the molecule is C=C.C=C.C=C.NCCN.NCCN.[CH2]CN. The Bertz CT molecular complexity index is 50.1. The molecular formula is C12H34N5. The molecule has 5 nitrogen and oxygen atoms in total. The minimum Gasteiger partial charge on any atom is -0.330 e. The largest absolute Gasteiger partial charge is 0.330 e. The molecule has 10 N–H and O–H groups in total. The average molecular weight is 248 g/mol. The fourth-order valence-corrected chi connectivity index (χ4v) is 0. The van der Waals surface area contributed by atoms with Gasteiger partial charge >= 0.3 is 0 Å². The number of nitrogens with two attached hydrogens (primary N) is 5. The van der Waals surface area contributed by atoms with Gasteiger partial charge in [0.25, 0.3) is 0 Å². The molecule has 5 heteroatoms. The van der Waals surface area contributed by atoms with Crippen LogP contribution in [0, 0.1) is 6.92 Å². The summed E-state index contributed by atoms with van der Waals surface area (Å²) in [5.41, 5.74) is 24.3. The topological polar surface area (TPSA) is 130 Å². The van der Waals surface area contributed by atoms with Gasteiger partial charge < -0.3 is 28.7 Å². The van der Waals surface area contributed by atoms with Crippen LogP contribution in [0.3, 0.4) is 0 Å². The summed E-state index contributed by atoms with van der Waals surface area (Å²) in [5, 5.41) is 0. The van der Waals surface area contributed by atoms with Crippen LogP contribution in [0.5, 0.6) is 0 Å². The van der Waals surface area contributed by atoms with Gasteiger partial charge in [0.2, 0.25) is 0 Å². The lowest BCUT2D eigenvalue weighted by molar-refractivity contribution is 0.976. The van der Waals surface area contributed by atoms with Crippen LogP contribution in [0.4, 0.5) is 0 Å². The molecule has 107 valence electrons. The lowest BCUT2D eigenvalue weighted by atomic mass is 10.7. The van der Waals surface area contributed by atoms with Crippen molar-refractivity contribution in [2.75, 3.05) is 32.7 Å². The summed E-state index contributed by atoms with van der Waals surface area (Å²) >= 11 is 0. The van der Waals surface area contributed by atoms with E-state index in [4.69, 9.17) is 28.7 Å². The van der Waals surface area contributed by atoms with Crippen LogP contribution in [-0.2, 0) is 0 Å². The second kappa shape index (κ2) is 183. The molecular weight excluding hydrogens is 214 g/mol. The van der Waals surface area contributed by atoms with E-state index in [-0.39, 0.29) is 0 Å². The van der Waals surface area contributed by atoms with Crippen LogP contribution in [0.15, 0.2) is 39.5 Å². The first-order valence-electron chi connectivity index (χ1n) is 5.04. The highest BCUT2D eigenvalue weighted by Crippen LogP contribution is 1.24. The second-order valence-corrected chi connectivity index (χ2v) is 1.44. The molecule has 0 heterocycles. The molecule has 0 spiro atoms. The fraction of sp³-hybridized carbons (Fsp3) is 0.417. The van der Waals surface area contributed by atoms with E-state index in [1.165, 1.54) is 0 Å². The monoisotopic (exact) mass is 248 g/mol. The van der Waals surface area contributed by atoms with Gasteiger partial charge in [-0.05, 0) is 13.5 Å². The van der Waals surface area contributed by atoms with Crippen LogP contribution < -0.4 is 28.7 Å². The zero-order chi connectivity index (χ0) is 15.5. The molecule has 0 atom stereocenters. The van der Waals surface area contributed by atoms with Crippen molar-refractivity contribution in [2.45, 2.75) is 0 Å². The first-order valence-corrected chi connectivity index (χ1v) is 5.04. The molecule has 0 bridgehead atoms. The number of hydrogen-bond donors (Lipinski definition) is 5. The quantitative estimate of drug-likeness (QED) is 0.439. The van der Waals surface area contributed by atoms with Gasteiger partial charge in [-0.3, -0.25) is 0 Å². The minimum absolute atomic E-state index is 0.500. The maximum atomic E-state index is 4.90. The van der Waals surface area contributed by atoms with E-state index in [0.717, 1.165) is 0 Å². The van der Waals surface area contributed by atoms with E-state index in [1.807, 2.05) is 0 Å². The van der Waals surface area contributed by atoms with Gasteiger partial charge in [0.05, 0.1) is 0 Å². The van der Waals surface area contributed by atoms with Crippen LogP contribution in [0.2, 0.25) is 0 Å². The van der Waals surface area contributed by atoms with E-state index in [0.29, 0.717) is 32.7 Å². The molecule has 0 saturated carbocycles. The summed E-state index contributed by atoms with van der Waals surface area (Å²) in [6.07, 6.45) is 0. The van der Waals surface area contributed by atoms with Gasteiger partial charge in [-0.15, -0.1) is 39.5 Å². The molecule has 0 rings (SSSR count). The third kappa shape index (κ3) is 2450. The van der Waals surface area contributed by atoms with Crippen molar-refractivity contribution in [1.29, 1.82) is 0 Å². The van der Waals surface area contributed by atoms with Crippen molar-refractivity contribution in [2.24, 2.45) is 28.7 Å². The maximum absolute atomic E-state index is 4.90. The second-order valence-electron chi connectivity index (χ2n) is 1.44. The first-order chi connectivity index (χ1) is 8.24. The third-order valence-corrected chi connectivity index (χ3v) is 0.333. The highest BCUT2D eigenvalue weighted by Gasteiger charge is 1.54. The molecule has 0 aromatic carbocycles. The van der Waals surface area contributed by atoms with Crippen molar-refractivity contribution < 1.29 is 0 Å². The van der Waals surface area contributed by atoms with Crippen LogP contribution in [0.1, 0.15) is 0 Å². The summed E-state index contributed by atoms with van der Waals surface area (Å²) in [5.74, 6) is 0. The first kappa shape index (κ1) is 36.0. The van der Waals surface area contributed by atoms with Crippen LogP contribution >= 0.6 is 0 Å². The van der Waals surface area contributed by atoms with Crippen molar-refractivity contribution in [3.63, 3.8) is 0 Å². The summed E-state index contributed by atoms with van der Waals surface area (Å²) in [6, 6.07) is 0. The fourth-order valence-electron chi connectivity index (χ4n) is 0. The van der Waals surface area contributed by atoms with Gasteiger partial charge in [0.1, 0.15) is 0 Å². The Kier molecular flexibility index (Phi) is 387. The smallest absolute Gasteiger partial charge is 0.00461 e. The van der Waals surface area contributed by atoms with Crippen molar-refractivity contribution in [3.05, 3.63) is 46.4 Å². The predicted octanol–water partition coefficient (Wildman–Crippen LogP) is -0.00661. The lowest BCUT2D eigenvalue weighted by Gasteiger charge is -1.72. The average Bonchev–Trinajstić information content (AvgIpc) is 2.46. The Labute approximate surface area is 108 Å². The molecule has 0 aliphatic heterocycles. The Balaban J connectivity index is -0.0000000221. The zero-order valence-corrected chi connectivity index (χ0v) is 11.4. The van der Waals surface area contributed by atoms with E-state index in [2.05, 4.69) is 46.4 Å². The summed E-state index contributed by atoms with van der Waals surface area (Å²) in [7, 11) is 0. The molecule has 0 fully saturated rings. The highest BCUT2D eigenvalue weighted by molar-refractivity contribution is 4.26. The zero-order valence-electron chi connectivity index (χ0n) is 11.4. The molecule has 0 aliphatic carbocycles. The number of rotatable bonds is 2. The minimum atomic E-state index is 0.500. The normalized spacial score (nSPS) is 5.29. The molecule has 0 aromatic rings. The van der Waals surface area contributed by atoms with Gasteiger partial charge in [-0.2, -0.15) is 0 Å². The third-order valence-electron chi connectivity index (χ3n) is 0.333. The summed E-state index contributed by atoms with van der Waals surface area (Å²) < 4.78 is 0. The Morgan fingerprint density at radius 3 is 0.529 bits per heavy atom. The number of hydrogen-bond acceptors (Lipinski definition) is 5. The molecule has 0 aromatic heterocycles. The molecule has 0 unspecified atom stereocenters. The summed E-state index contributed by atoms with van der Waals surface area (Å²) in [6.45, 7) is 24.2. The lowest BCUT2D eigenvalue weighted by Crippen LogP contribution is -2.11. The maximum Gasteiger partial charge on any atom is 0.00461 e. The van der Waals surface area contributed by atoms with Crippen LogP contribution in [0.25, 0.3) is 0 Å². The van der Waals surface area contributed by atoms with Crippen molar-refractivity contribution in [1.82, 2.24) is 0 Å². The molecule has 0 saturated heterocycles. The van der Waals surface area contributed by atoms with Gasteiger partial charge in [-0.1, -0.05) is 0 Å². The van der Waals surface area contributed by atoms with Crippen LogP contribution in [-0.4, -0.2) is 32.7 Å². The van der Waals surface area contributed by atoms with Gasteiger partial charge in [0.15, 0.2) is 0 Å². The van der Waals surface area contributed by atoms with Gasteiger partial charge in [-0.25, -0.2) is 0 Å². The van der Waals surface area contributed by atoms with E-state index in [1.54, 1.807) is 0 Å². The Morgan fingerprint density at radius 2 is 0.529 bits per heavy atom. The molecule has 0 aliphatic rings. The molecule has 0 amide bonds. The van der Waals surface area contributed by atoms with E-state index in [9.17, 15) is 0 Å².